The van der Waals surface area contributed by atoms with E-state index in [-0.39, 0.29) is 17.4 Å². The number of pyridine rings is 1. The predicted octanol–water partition coefficient (Wildman–Crippen LogP) is 2.32. The first-order valence-corrected chi connectivity index (χ1v) is 7.91. The van der Waals surface area contributed by atoms with E-state index in [2.05, 4.69) is 15.6 Å². The number of aromatic nitrogens is 1. The van der Waals surface area contributed by atoms with Crippen LogP contribution in [0.5, 0.6) is 0 Å². The molecule has 0 aliphatic carbocycles. The van der Waals surface area contributed by atoms with Crippen molar-refractivity contribution < 1.29 is 14.3 Å². The van der Waals surface area contributed by atoms with Crippen molar-refractivity contribution in [1.82, 2.24) is 10.3 Å². The molecule has 0 bridgehead atoms. The number of nitrogens with two attached hydrogens (primary N) is 1. The maximum absolute atomic E-state index is 12.4. The van der Waals surface area contributed by atoms with E-state index in [1.165, 1.54) is 19.4 Å². The average molecular weight is 357 g/mol. The minimum Gasteiger partial charge on any atom is -0.481 e. The Balaban J connectivity index is 2.14. The Morgan fingerprint density at radius 3 is 2.58 bits per heavy atom. The van der Waals surface area contributed by atoms with Gasteiger partial charge in [-0.15, -0.1) is 0 Å². The fourth-order valence-electron chi connectivity index (χ4n) is 2.52. The molecule has 1 aromatic carbocycles. The number of carbonyl (C=O) groups excluding carboxylic acids is 1. The van der Waals surface area contributed by atoms with Crippen LogP contribution in [0.3, 0.4) is 0 Å². The molecule has 8 nitrogen and oxygen atoms in total. The van der Waals surface area contributed by atoms with Crippen LogP contribution in [0, 0.1) is 5.41 Å². The number of nitrogens with one attached hydrogen (secondary N) is 3. The van der Waals surface area contributed by atoms with Gasteiger partial charge in [-0.05, 0) is 12.5 Å². The van der Waals surface area contributed by atoms with Gasteiger partial charge in [0.05, 0.1) is 24.8 Å². The molecule has 0 radical (unpaired) electrons. The molecule has 0 aliphatic rings. The Bertz CT molecular complexity index is 782. The van der Waals surface area contributed by atoms with Crippen molar-refractivity contribution in [2.75, 3.05) is 31.9 Å². The van der Waals surface area contributed by atoms with Gasteiger partial charge in [0.15, 0.2) is 0 Å². The number of methoxy groups -OCH3 is 2. The molecule has 8 heteroatoms. The van der Waals surface area contributed by atoms with Crippen molar-refractivity contribution in [3.63, 3.8) is 0 Å². The van der Waals surface area contributed by atoms with Crippen LogP contribution >= 0.6 is 0 Å². The molecule has 0 fully saturated rings. The van der Waals surface area contributed by atoms with E-state index in [4.69, 9.17) is 20.6 Å². The average Bonchev–Trinajstić information content (AvgIpc) is 2.62. The Labute approximate surface area is 152 Å². The molecular weight excluding hydrogens is 334 g/mol. The van der Waals surface area contributed by atoms with Gasteiger partial charge in [-0.3, -0.25) is 10.7 Å². The van der Waals surface area contributed by atoms with E-state index in [1.54, 1.807) is 7.11 Å². The third kappa shape index (κ3) is 4.48. The number of anilines is 2. The highest BCUT2D eigenvalue weighted by atomic mass is 16.5. The normalized spacial score (nSPS) is 12.7. The molecule has 5 N–H and O–H groups in total. The van der Waals surface area contributed by atoms with Gasteiger partial charge in [0.25, 0.3) is 0 Å². The van der Waals surface area contributed by atoms with Crippen molar-refractivity contribution in [3.8, 4) is 0 Å². The van der Waals surface area contributed by atoms with Crippen LogP contribution < -0.4 is 16.4 Å². The Morgan fingerprint density at radius 1 is 1.31 bits per heavy atom. The molecule has 26 heavy (non-hydrogen) atoms. The third-order valence-electron chi connectivity index (χ3n) is 3.86. The van der Waals surface area contributed by atoms with Gasteiger partial charge < -0.3 is 20.5 Å². The van der Waals surface area contributed by atoms with E-state index in [9.17, 15) is 4.79 Å². The summed E-state index contributed by atoms with van der Waals surface area (Å²) in [5, 5.41) is 13.2. The number of ether oxygens (including phenoxy) is 2. The summed E-state index contributed by atoms with van der Waals surface area (Å²) >= 11 is 0. The first-order chi connectivity index (χ1) is 12.4. The van der Waals surface area contributed by atoms with Gasteiger partial charge >= 0.3 is 6.03 Å². The quantitative estimate of drug-likeness (QED) is 0.467. The van der Waals surface area contributed by atoms with Crippen LogP contribution in [-0.2, 0) is 15.0 Å². The van der Waals surface area contributed by atoms with E-state index in [0.717, 1.165) is 5.56 Å². The number of hydrogen-bond acceptors (Lipinski definition) is 6. The Hall–Kier alpha value is -3.13. The zero-order valence-corrected chi connectivity index (χ0v) is 15.0. The molecule has 0 saturated heterocycles. The van der Waals surface area contributed by atoms with Crippen molar-refractivity contribution in [1.29, 1.82) is 5.41 Å². The second kappa shape index (κ2) is 8.30. The van der Waals surface area contributed by atoms with Crippen molar-refractivity contribution in [3.05, 3.63) is 53.7 Å². The van der Waals surface area contributed by atoms with Gasteiger partial charge in [0, 0.05) is 25.1 Å². The molecule has 0 saturated carbocycles. The topological polar surface area (TPSA) is 122 Å². The lowest BCUT2D eigenvalue weighted by Gasteiger charge is -2.30. The molecule has 0 spiro atoms. The van der Waals surface area contributed by atoms with E-state index >= 15 is 0 Å². The lowest BCUT2D eigenvalue weighted by atomic mass is 9.93. The zero-order chi connectivity index (χ0) is 19.2. The molecule has 1 aromatic heterocycles. The lowest BCUT2D eigenvalue weighted by Crippen LogP contribution is -2.48. The maximum Gasteiger partial charge on any atom is 0.321 e. The van der Waals surface area contributed by atoms with Crippen LogP contribution in [0.15, 0.2) is 42.6 Å². The number of benzene rings is 1. The lowest BCUT2D eigenvalue weighted by molar-refractivity contribution is 0.123. The molecule has 2 rings (SSSR count). The summed E-state index contributed by atoms with van der Waals surface area (Å²) in [4.78, 5) is 16.5. The summed E-state index contributed by atoms with van der Waals surface area (Å²) in [5.74, 6) is 0.170. The summed E-state index contributed by atoms with van der Waals surface area (Å²) in [6.45, 7) is 2.17. The number of nitrogens with zero attached hydrogens (tertiary/aromatic N) is 1. The number of carbonyl (C=O) groups is 1. The van der Waals surface area contributed by atoms with Crippen LogP contribution in [-0.4, -0.2) is 37.7 Å². The van der Waals surface area contributed by atoms with E-state index in [0.29, 0.717) is 12.2 Å². The largest absolute Gasteiger partial charge is 0.481 e. The summed E-state index contributed by atoms with van der Waals surface area (Å²) in [6.07, 6.45) is 1.38. The molecule has 1 unspecified atom stereocenters. The standard InChI is InChI=1S/C18H23N5O3/c1-18(11-25-2,12-7-5-4-6-8-12)23-17(24)22-15-9-14(19)13(10-21-15)16(20)26-3/h4-10,20H,11H2,1-3H3,(H4,19,21,22,23,24). The van der Waals surface area contributed by atoms with Crippen molar-refractivity contribution in [2.24, 2.45) is 0 Å². The van der Waals surface area contributed by atoms with Gasteiger partial charge in [-0.1, -0.05) is 30.3 Å². The second-order valence-electron chi connectivity index (χ2n) is 5.90. The summed E-state index contributed by atoms with van der Waals surface area (Å²) in [7, 11) is 2.95. The number of hydrogen-bond donors (Lipinski definition) is 4. The molecule has 1 heterocycles. The minimum atomic E-state index is -0.718. The van der Waals surface area contributed by atoms with Crippen molar-refractivity contribution >= 4 is 23.4 Å². The minimum absolute atomic E-state index is 0.0947. The van der Waals surface area contributed by atoms with E-state index in [1.807, 2.05) is 37.3 Å². The second-order valence-corrected chi connectivity index (χ2v) is 5.90. The van der Waals surface area contributed by atoms with Gasteiger partial charge in [-0.2, -0.15) is 0 Å². The summed E-state index contributed by atoms with van der Waals surface area (Å²) < 4.78 is 10.1. The molecular formula is C18H23N5O3. The van der Waals surface area contributed by atoms with E-state index < -0.39 is 11.6 Å². The molecule has 138 valence electrons. The number of rotatable bonds is 6. The molecule has 0 aliphatic heterocycles. The Kier molecular flexibility index (Phi) is 6.13. The zero-order valence-electron chi connectivity index (χ0n) is 15.0. The fraction of sp³-hybridized carbons (Fsp3) is 0.278. The van der Waals surface area contributed by atoms with Gasteiger partial charge in [0.2, 0.25) is 5.90 Å². The molecule has 2 amide bonds. The fourth-order valence-corrected chi connectivity index (χ4v) is 2.52. The smallest absolute Gasteiger partial charge is 0.321 e. The third-order valence-corrected chi connectivity index (χ3v) is 3.86. The highest BCUT2D eigenvalue weighted by molar-refractivity contribution is 5.97. The SMILES string of the molecule is COCC(C)(NC(=O)Nc1cc(N)c(C(=N)OC)cn1)c1ccccc1. The molecule has 1 atom stereocenters. The number of nitrogen functional groups attached to an aromatic ring is 1. The van der Waals surface area contributed by atoms with Crippen LogP contribution in [0.4, 0.5) is 16.3 Å². The highest BCUT2D eigenvalue weighted by Gasteiger charge is 2.28. The van der Waals surface area contributed by atoms with Crippen LogP contribution in [0.25, 0.3) is 0 Å². The van der Waals surface area contributed by atoms with Crippen LogP contribution in [0.1, 0.15) is 18.1 Å². The number of urea groups is 1. The highest BCUT2D eigenvalue weighted by Crippen LogP contribution is 2.21. The first-order valence-electron chi connectivity index (χ1n) is 7.91. The van der Waals surface area contributed by atoms with Crippen molar-refractivity contribution in [2.45, 2.75) is 12.5 Å². The Morgan fingerprint density at radius 2 is 2.00 bits per heavy atom. The monoisotopic (exact) mass is 357 g/mol. The maximum atomic E-state index is 12.4. The molecule has 2 aromatic rings. The van der Waals surface area contributed by atoms with Gasteiger partial charge in [-0.25, -0.2) is 9.78 Å². The predicted molar refractivity (Wildman–Crippen MR) is 100 cm³/mol. The summed E-state index contributed by atoms with van der Waals surface area (Å²) in [5.41, 5.74) is 6.72. The number of amides is 2. The summed E-state index contributed by atoms with van der Waals surface area (Å²) in [6, 6.07) is 10.6. The first kappa shape index (κ1) is 19.2. The van der Waals surface area contributed by atoms with Gasteiger partial charge in [0.1, 0.15) is 5.82 Å². The van der Waals surface area contributed by atoms with Crippen LogP contribution in [0.2, 0.25) is 0 Å².